The van der Waals surface area contributed by atoms with E-state index in [2.05, 4.69) is 40.5 Å². The van der Waals surface area contributed by atoms with Crippen LogP contribution in [0.3, 0.4) is 0 Å². The van der Waals surface area contributed by atoms with Crippen molar-refractivity contribution in [2.45, 2.75) is 67.8 Å². The monoisotopic (exact) mass is 532 g/mol. The summed E-state index contributed by atoms with van der Waals surface area (Å²) in [4.78, 5) is 23.9. The Morgan fingerprint density at radius 1 is 1.03 bits per heavy atom. The SMILES string of the molecule is COC(=O)Cc1ccc(Nc2nc(N3C4CCC3CC(c3ccccc3)C4)nc3c2S(=O)(=O)CCC3)cc1. The number of esters is 1. The van der Waals surface area contributed by atoms with Gasteiger partial charge in [0.05, 0.1) is 25.0 Å². The van der Waals surface area contributed by atoms with E-state index in [1.165, 1.54) is 12.7 Å². The minimum atomic E-state index is -3.49. The zero-order chi connectivity index (χ0) is 26.3. The number of carbonyl (C=O) groups is 1. The van der Waals surface area contributed by atoms with Crippen LogP contribution >= 0.6 is 0 Å². The average Bonchev–Trinajstić information content (AvgIpc) is 3.18. The summed E-state index contributed by atoms with van der Waals surface area (Å²) in [5.41, 5.74) is 3.52. The van der Waals surface area contributed by atoms with Crippen molar-refractivity contribution in [3.8, 4) is 0 Å². The minimum Gasteiger partial charge on any atom is -0.469 e. The number of rotatable bonds is 6. The number of hydrogen-bond donors (Lipinski definition) is 1. The van der Waals surface area contributed by atoms with Crippen LogP contribution in [0.25, 0.3) is 0 Å². The number of aryl methyl sites for hydroxylation is 1. The van der Waals surface area contributed by atoms with E-state index in [9.17, 15) is 13.2 Å². The first-order chi connectivity index (χ1) is 18.4. The lowest BCUT2D eigenvalue weighted by atomic mass is 9.85. The summed E-state index contributed by atoms with van der Waals surface area (Å²) in [5, 5.41) is 3.27. The Balaban J connectivity index is 1.32. The van der Waals surface area contributed by atoms with Gasteiger partial charge < -0.3 is 15.0 Å². The van der Waals surface area contributed by atoms with E-state index >= 15 is 0 Å². The van der Waals surface area contributed by atoms with E-state index in [1.807, 2.05) is 24.3 Å². The average molecular weight is 533 g/mol. The number of fused-ring (bicyclic) bond motifs is 3. The van der Waals surface area contributed by atoms with Crippen molar-refractivity contribution in [1.29, 1.82) is 0 Å². The number of nitrogens with one attached hydrogen (secondary N) is 1. The van der Waals surface area contributed by atoms with E-state index in [4.69, 9.17) is 14.7 Å². The molecule has 0 aliphatic carbocycles. The molecule has 3 aromatic rings. The first-order valence-corrected chi connectivity index (χ1v) is 15.0. The Morgan fingerprint density at radius 2 is 1.74 bits per heavy atom. The lowest BCUT2D eigenvalue weighted by Crippen LogP contribution is -2.43. The maximum Gasteiger partial charge on any atom is 0.309 e. The summed E-state index contributed by atoms with van der Waals surface area (Å²) < 4.78 is 31.0. The van der Waals surface area contributed by atoms with E-state index in [1.54, 1.807) is 0 Å². The van der Waals surface area contributed by atoms with Crippen LogP contribution in [-0.2, 0) is 32.2 Å². The van der Waals surface area contributed by atoms with Crippen molar-refractivity contribution in [3.05, 3.63) is 71.4 Å². The standard InChI is InChI=1S/C29H32N4O4S/c1-37-26(34)16-19-9-11-22(12-10-19)30-28-27-25(8-5-15-38(27,35)36)31-29(32-28)33-23-13-14-24(33)18-21(17-23)20-6-3-2-4-7-20/h2-4,6-7,9-12,21,23-24H,5,8,13-18H2,1H3,(H,30,31,32). The van der Waals surface area contributed by atoms with Gasteiger partial charge in [-0.15, -0.1) is 0 Å². The van der Waals surface area contributed by atoms with Gasteiger partial charge in [-0.05, 0) is 67.7 Å². The molecule has 2 bridgehead atoms. The second-order valence-electron chi connectivity index (χ2n) is 10.5. The molecule has 4 heterocycles. The number of benzene rings is 2. The van der Waals surface area contributed by atoms with Crippen molar-refractivity contribution >= 4 is 33.3 Å². The fourth-order valence-corrected chi connectivity index (χ4v) is 7.92. The molecule has 8 nitrogen and oxygen atoms in total. The molecule has 0 radical (unpaired) electrons. The second-order valence-corrected chi connectivity index (χ2v) is 12.6. The molecule has 3 aliphatic heterocycles. The molecule has 1 N–H and O–H groups in total. The van der Waals surface area contributed by atoms with Gasteiger partial charge in [0, 0.05) is 17.8 Å². The Bertz CT molecular complexity index is 1430. The topological polar surface area (TPSA) is 101 Å². The van der Waals surface area contributed by atoms with Crippen LogP contribution in [0, 0.1) is 0 Å². The first-order valence-electron chi connectivity index (χ1n) is 13.3. The van der Waals surface area contributed by atoms with E-state index in [0.29, 0.717) is 54.0 Å². The number of nitrogens with zero attached hydrogens (tertiary/aromatic N) is 3. The predicted molar refractivity (Wildman–Crippen MR) is 146 cm³/mol. The largest absolute Gasteiger partial charge is 0.469 e. The number of hydrogen-bond acceptors (Lipinski definition) is 8. The van der Waals surface area contributed by atoms with Crippen LogP contribution in [-0.4, -0.2) is 49.3 Å². The van der Waals surface area contributed by atoms with Gasteiger partial charge in [0.25, 0.3) is 0 Å². The zero-order valence-electron chi connectivity index (χ0n) is 21.5. The molecule has 6 rings (SSSR count). The molecule has 198 valence electrons. The molecule has 38 heavy (non-hydrogen) atoms. The van der Waals surface area contributed by atoms with Crippen LogP contribution in [0.1, 0.15) is 54.8 Å². The maximum absolute atomic E-state index is 13.1. The van der Waals surface area contributed by atoms with E-state index in [-0.39, 0.29) is 23.0 Å². The summed E-state index contributed by atoms with van der Waals surface area (Å²) in [7, 11) is -2.13. The van der Waals surface area contributed by atoms with Gasteiger partial charge in [0.2, 0.25) is 5.95 Å². The molecule has 2 unspecified atom stereocenters. The third-order valence-corrected chi connectivity index (χ3v) is 9.97. The number of sulfone groups is 1. The molecule has 2 saturated heterocycles. The molecule has 9 heteroatoms. The molecule has 0 saturated carbocycles. The van der Waals surface area contributed by atoms with Crippen molar-refractivity contribution in [2.24, 2.45) is 0 Å². The second kappa shape index (κ2) is 10.0. The van der Waals surface area contributed by atoms with Crippen LogP contribution < -0.4 is 10.2 Å². The number of aromatic nitrogens is 2. The molecule has 3 aliphatic rings. The molecule has 2 aromatic carbocycles. The highest BCUT2D eigenvalue weighted by Crippen LogP contribution is 2.45. The lowest BCUT2D eigenvalue weighted by molar-refractivity contribution is -0.139. The Kier molecular flexibility index (Phi) is 6.55. The maximum atomic E-state index is 13.1. The fraction of sp³-hybridized carbons (Fsp3) is 0.414. The van der Waals surface area contributed by atoms with E-state index < -0.39 is 9.84 Å². The van der Waals surface area contributed by atoms with Crippen molar-refractivity contribution < 1.29 is 17.9 Å². The van der Waals surface area contributed by atoms with E-state index in [0.717, 1.165) is 31.2 Å². The van der Waals surface area contributed by atoms with Gasteiger partial charge in [-0.2, -0.15) is 4.98 Å². The minimum absolute atomic E-state index is 0.100. The van der Waals surface area contributed by atoms with Gasteiger partial charge in [0.15, 0.2) is 15.7 Å². The Labute approximate surface area is 223 Å². The predicted octanol–water partition coefficient (Wildman–Crippen LogP) is 4.57. The molecule has 0 amide bonds. The molecule has 0 spiro atoms. The number of carbonyl (C=O) groups excluding carboxylic acids is 1. The first kappa shape index (κ1) is 24.9. The highest BCUT2D eigenvalue weighted by atomic mass is 32.2. The summed E-state index contributed by atoms with van der Waals surface area (Å²) >= 11 is 0. The van der Waals surface area contributed by atoms with Crippen molar-refractivity contribution in [3.63, 3.8) is 0 Å². The normalized spacial score (nSPS) is 23.5. The molecule has 2 fully saturated rings. The number of anilines is 3. The summed E-state index contributed by atoms with van der Waals surface area (Å²) in [6, 6.07) is 18.7. The highest BCUT2D eigenvalue weighted by molar-refractivity contribution is 7.91. The van der Waals surface area contributed by atoms with Crippen molar-refractivity contribution in [2.75, 3.05) is 23.1 Å². The van der Waals surface area contributed by atoms with Gasteiger partial charge in [0.1, 0.15) is 4.90 Å². The van der Waals surface area contributed by atoms with Crippen LogP contribution in [0.4, 0.5) is 17.5 Å². The number of piperidine rings is 1. The summed E-state index contributed by atoms with van der Waals surface area (Å²) in [6.07, 6.45) is 5.64. The van der Waals surface area contributed by atoms with Gasteiger partial charge in [-0.1, -0.05) is 42.5 Å². The van der Waals surface area contributed by atoms with Gasteiger partial charge in [-0.25, -0.2) is 13.4 Å². The smallest absolute Gasteiger partial charge is 0.309 e. The highest BCUT2D eigenvalue weighted by Gasteiger charge is 2.43. The fourth-order valence-electron chi connectivity index (χ4n) is 6.29. The van der Waals surface area contributed by atoms with Gasteiger partial charge in [-0.3, -0.25) is 4.79 Å². The van der Waals surface area contributed by atoms with Crippen molar-refractivity contribution in [1.82, 2.24) is 9.97 Å². The summed E-state index contributed by atoms with van der Waals surface area (Å²) in [5.74, 6) is 1.28. The molecule has 2 atom stereocenters. The summed E-state index contributed by atoms with van der Waals surface area (Å²) in [6.45, 7) is 0. The van der Waals surface area contributed by atoms with Crippen LogP contribution in [0.2, 0.25) is 0 Å². The third-order valence-electron chi connectivity index (χ3n) is 8.09. The third kappa shape index (κ3) is 4.75. The molecule has 1 aromatic heterocycles. The number of ether oxygens (including phenoxy) is 1. The Hall–Kier alpha value is -3.46. The molecular weight excluding hydrogens is 500 g/mol. The number of methoxy groups -OCH3 is 1. The zero-order valence-corrected chi connectivity index (χ0v) is 22.3. The van der Waals surface area contributed by atoms with Gasteiger partial charge >= 0.3 is 5.97 Å². The quantitative estimate of drug-likeness (QED) is 0.461. The van der Waals surface area contributed by atoms with Crippen LogP contribution in [0.15, 0.2) is 59.5 Å². The lowest BCUT2D eigenvalue weighted by Gasteiger charge is -2.39. The van der Waals surface area contributed by atoms with Crippen LogP contribution in [0.5, 0.6) is 0 Å². The Morgan fingerprint density at radius 3 is 2.42 bits per heavy atom. The molecular formula is C29H32N4O4S.